The van der Waals surface area contributed by atoms with Gasteiger partial charge in [-0.3, -0.25) is 4.90 Å². The normalized spacial score (nSPS) is 19.8. The van der Waals surface area contributed by atoms with E-state index in [1.54, 1.807) is 11.1 Å². The number of rotatable bonds is 6. The maximum absolute atomic E-state index is 12.8. The van der Waals surface area contributed by atoms with Gasteiger partial charge in [0.15, 0.2) is 0 Å². The van der Waals surface area contributed by atoms with Gasteiger partial charge in [0.25, 0.3) is 0 Å². The molecule has 6 rings (SSSR count). The van der Waals surface area contributed by atoms with Crippen molar-refractivity contribution in [3.05, 3.63) is 54.1 Å². The number of aromatic nitrogens is 3. The molecule has 1 aromatic carbocycles. The third-order valence-electron chi connectivity index (χ3n) is 9.31. The fraction of sp³-hybridized carbons (Fsp3) is 0.588. The molecule has 234 valence electrons. The van der Waals surface area contributed by atoms with Crippen molar-refractivity contribution < 1.29 is 14.3 Å². The van der Waals surface area contributed by atoms with Crippen LogP contribution in [0.1, 0.15) is 83.7 Å². The van der Waals surface area contributed by atoms with Crippen LogP contribution in [0.4, 0.5) is 10.5 Å². The van der Waals surface area contributed by atoms with E-state index in [4.69, 9.17) is 9.47 Å². The number of piperidine rings is 1. The van der Waals surface area contributed by atoms with Gasteiger partial charge in [0.2, 0.25) is 5.82 Å². The van der Waals surface area contributed by atoms with Gasteiger partial charge >= 0.3 is 6.09 Å². The van der Waals surface area contributed by atoms with E-state index < -0.39 is 11.3 Å². The molecular formula is C34H45N7O3. The van der Waals surface area contributed by atoms with Crippen molar-refractivity contribution in [2.24, 2.45) is 5.92 Å². The van der Waals surface area contributed by atoms with E-state index in [0.29, 0.717) is 45.9 Å². The van der Waals surface area contributed by atoms with E-state index in [1.165, 1.54) is 32.1 Å². The Bertz CT molecular complexity index is 1480. The molecule has 3 fully saturated rings. The number of nitrogens with zero attached hydrogens (tertiary/aromatic N) is 7. The molecule has 10 nitrogen and oxygen atoms in total. The van der Waals surface area contributed by atoms with Crippen molar-refractivity contribution in [1.29, 1.82) is 5.26 Å². The number of benzene rings is 1. The molecular weight excluding hydrogens is 554 g/mol. The van der Waals surface area contributed by atoms with Crippen molar-refractivity contribution >= 4 is 22.8 Å². The van der Waals surface area contributed by atoms with E-state index >= 15 is 0 Å². The van der Waals surface area contributed by atoms with Gasteiger partial charge in [-0.2, -0.15) is 5.26 Å². The Kier molecular flexibility index (Phi) is 8.79. The standard InChI is InChI=1S/C34H45N7O3/c1-33(2,3)44-32(42)39-18-15-34(16-19-39)41(28-12-8-5-9-13-28)24-38(25-43-34)23-29-20-27-22-36-30(21-35)37-31(27)40(29)17-14-26-10-6-4-7-11-26/h5,8-9,12-13,20,22,26H,4,6-7,10-11,14-19,23-25H2,1-3H3. The van der Waals surface area contributed by atoms with Gasteiger partial charge in [-0.1, -0.05) is 50.3 Å². The molecule has 44 heavy (non-hydrogen) atoms. The first-order valence-corrected chi connectivity index (χ1v) is 16.2. The van der Waals surface area contributed by atoms with Gasteiger partial charge in [0.1, 0.15) is 29.8 Å². The number of fused-ring (bicyclic) bond motifs is 1. The van der Waals surface area contributed by atoms with Gasteiger partial charge in [-0.05, 0) is 51.3 Å². The second-order valence-electron chi connectivity index (χ2n) is 13.6. The lowest BCUT2D eigenvalue weighted by Gasteiger charge is -2.54. The van der Waals surface area contributed by atoms with Gasteiger partial charge < -0.3 is 23.8 Å². The predicted molar refractivity (Wildman–Crippen MR) is 168 cm³/mol. The number of nitriles is 1. The van der Waals surface area contributed by atoms with Gasteiger partial charge in [0, 0.05) is 62.0 Å². The number of para-hydroxylation sites is 1. The molecule has 10 heteroatoms. The molecule has 0 bridgehead atoms. The zero-order valence-corrected chi connectivity index (χ0v) is 26.4. The minimum absolute atomic E-state index is 0.206. The summed E-state index contributed by atoms with van der Waals surface area (Å²) in [7, 11) is 0. The molecule has 2 saturated heterocycles. The number of carbonyl (C=O) groups is 1. The molecule has 3 aromatic rings. The van der Waals surface area contributed by atoms with Crippen LogP contribution in [0, 0.1) is 17.2 Å². The fourth-order valence-electron chi connectivity index (χ4n) is 7.00. The van der Waals surface area contributed by atoms with E-state index in [1.807, 2.05) is 26.8 Å². The third-order valence-corrected chi connectivity index (χ3v) is 9.31. The summed E-state index contributed by atoms with van der Waals surface area (Å²) in [6, 6.07) is 14.7. The summed E-state index contributed by atoms with van der Waals surface area (Å²) in [4.78, 5) is 28.2. The topological polar surface area (TPSA) is 99.7 Å². The van der Waals surface area contributed by atoms with E-state index in [0.717, 1.165) is 41.3 Å². The summed E-state index contributed by atoms with van der Waals surface area (Å²) in [5.74, 6) is 0.946. The Morgan fingerprint density at radius 2 is 1.89 bits per heavy atom. The number of likely N-dealkylation sites (tertiary alicyclic amines) is 1. The first-order chi connectivity index (χ1) is 21.2. The second-order valence-corrected chi connectivity index (χ2v) is 13.6. The van der Waals surface area contributed by atoms with Gasteiger partial charge in [0.05, 0.1) is 6.67 Å². The Morgan fingerprint density at radius 1 is 1.14 bits per heavy atom. The van der Waals surface area contributed by atoms with Gasteiger partial charge in [-0.25, -0.2) is 14.8 Å². The molecule has 0 atom stereocenters. The summed E-state index contributed by atoms with van der Waals surface area (Å²) in [5, 5.41) is 10.5. The SMILES string of the molecule is CC(C)(C)OC(=O)N1CCC2(CC1)OCN(Cc1cc3cnc(C#N)nc3n1CCC1CCCCC1)CN2c1ccccc1. The predicted octanol–water partition coefficient (Wildman–Crippen LogP) is 6.25. The second kappa shape index (κ2) is 12.7. The molecule has 0 unspecified atom stereocenters. The molecule has 2 aliphatic heterocycles. The third kappa shape index (κ3) is 6.69. The van der Waals surface area contributed by atoms with Crippen LogP contribution >= 0.6 is 0 Å². The van der Waals surface area contributed by atoms with E-state index in [2.05, 4.69) is 60.7 Å². The van der Waals surface area contributed by atoms with Crippen molar-refractivity contribution in [2.45, 2.75) is 96.6 Å². The maximum atomic E-state index is 12.8. The average molecular weight is 600 g/mol. The monoisotopic (exact) mass is 599 g/mol. The molecule has 1 saturated carbocycles. The van der Waals surface area contributed by atoms with Crippen molar-refractivity contribution in [3.63, 3.8) is 0 Å². The van der Waals surface area contributed by atoms with Crippen LogP contribution in [0.5, 0.6) is 0 Å². The zero-order chi connectivity index (χ0) is 30.7. The smallest absolute Gasteiger partial charge is 0.410 e. The summed E-state index contributed by atoms with van der Waals surface area (Å²) in [6.45, 7) is 9.59. The number of hydrogen-bond acceptors (Lipinski definition) is 8. The van der Waals surface area contributed by atoms with Crippen LogP contribution in [0.25, 0.3) is 11.0 Å². The lowest BCUT2D eigenvalue weighted by molar-refractivity contribution is -0.158. The highest BCUT2D eigenvalue weighted by Crippen LogP contribution is 2.38. The van der Waals surface area contributed by atoms with Crippen LogP contribution in [-0.4, -0.2) is 68.2 Å². The molecule has 3 aliphatic rings. The molecule has 1 amide bonds. The highest BCUT2D eigenvalue weighted by atomic mass is 16.6. The Morgan fingerprint density at radius 3 is 2.59 bits per heavy atom. The molecule has 1 aliphatic carbocycles. The van der Waals surface area contributed by atoms with Crippen molar-refractivity contribution in [2.75, 3.05) is 31.4 Å². The summed E-state index contributed by atoms with van der Waals surface area (Å²) in [6.07, 6.45) is 10.6. The molecule has 0 radical (unpaired) electrons. The average Bonchev–Trinajstić information content (AvgIpc) is 3.37. The quantitative estimate of drug-likeness (QED) is 0.328. The number of anilines is 1. The number of ether oxygens (including phenoxy) is 2. The Labute approximate surface area is 260 Å². The lowest BCUT2D eigenvalue weighted by Crippen LogP contribution is -2.65. The Hall–Kier alpha value is -3.68. The van der Waals surface area contributed by atoms with Crippen LogP contribution in [0.15, 0.2) is 42.6 Å². The number of hydrogen-bond donors (Lipinski definition) is 0. The van der Waals surface area contributed by atoms with E-state index in [9.17, 15) is 10.1 Å². The molecule has 4 heterocycles. The highest BCUT2D eigenvalue weighted by Gasteiger charge is 2.46. The van der Waals surface area contributed by atoms with Crippen LogP contribution in [0.2, 0.25) is 0 Å². The van der Waals surface area contributed by atoms with Crippen LogP contribution in [-0.2, 0) is 22.6 Å². The van der Waals surface area contributed by atoms with Crippen LogP contribution < -0.4 is 4.90 Å². The number of amides is 1. The Balaban J connectivity index is 1.22. The summed E-state index contributed by atoms with van der Waals surface area (Å²) < 4.78 is 14.7. The number of aryl methyl sites for hydroxylation is 1. The zero-order valence-electron chi connectivity index (χ0n) is 26.4. The van der Waals surface area contributed by atoms with Crippen molar-refractivity contribution in [3.8, 4) is 6.07 Å². The highest BCUT2D eigenvalue weighted by molar-refractivity contribution is 5.77. The molecule has 1 spiro atoms. The van der Waals surface area contributed by atoms with Crippen molar-refractivity contribution in [1.82, 2.24) is 24.3 Å². The largest absolute Gasteiger partial charge is 0.444 e. The number of carbonyl (C=O) groups excluding carboxylic acids is 1. The molecule has 2 aromatic heterocycles. The summed E-state index contributed by atoms with van der Waals surface area (Å²) >= 11 is 0. The lowest BCUT2D eigenvalue weighted by atomic mass is 9.87. The van der Waals surface area contributed by atoms with Gasteiger partial charge in [-0.15, -0.1) is 0 Å². The minimum atomic E-state index is -0.523. The van der Waals surface area contributed by atoms with Crippen LogP contribution in [0.3, 0.4) is 0 Å². The van der Waals surface area contributed by atoms with E-state index in [-0.39, 0.29) is 11.9 Å². The minimum Gasteiger partial charge on any atom is -0.444 e. The summed E-state index contributed by atoms with van der Waals surface area (Å²) in [5.41, 5.74) is 2.08. The fourth-order valence-corrected chi connectivity index (χ4v) is 7.00. The maximum Gasteiger partial charge on any atom is 0.410 e. The first-order valence-electron chi connectivity index (χ1n) is 16.2. The molecule has 0 N–H and O–H groups in total. The first kappa shape index (κ1) is 30.4.